The van der Waals surface area contributed by atoms with Gasteiger partial charge < -0.3 is 24.6 Å². The predicted octanol–water partition coefficient (Wildman–Crippen LogP) is 1.95. The van der Waals surface area contributed by atoms with E-state index >= 15 is 0 Å². The van der Waals surface area contributed by atoms with E-state index in [1.54, 1.807) is 14.2 Å². The summed E-state index contributed by atoms with van der Waals surface area (Å²) in [5.41, 5.74) is 1.04. The number of rotatable bonds is 5. The summed E-state index contributed by atoms with van der Waals surface area (Å²) < 4.78 is 10.7. The monoisotopic (exact) mass is 307 g/mol. The van der Waals surface area contributed by atoms with E-state index in [0.717, 1.165) is 43.2 Å². The number of benzene rings is 1. The highest BCUT2D eigenvalue weighted by Gasteiger charge is 2.22. The number of hydrogen-bond acceptors (Lipinski definition) is 4. The van der Waals surface area contributed by atoms with E-state index in [1.165, 1.54) is 0 Å². The van der Waals surface area contributed by atoms with E-state index in [9.17, 15) is 4.79 Å². The van der Waals surface area contributed by atoms with Crippen LogP contribution in [0.4, 0.5) is 10.5 Å². The lowest BCUT2D eigenvalue weighted by atomic mass is 10.2. The molecule has 1 aromatic rings. The molecule has 22 heavy (non-hydrogen) atoms. The molecule has 0 bridgehead atoms. The molecular formula is C16H25N3O3. The highest BCUT2D eigenvalue weighted by molar-refractivity contribution is 5.74. The summed E-state index contributed by atoms with van der Waals surface area (Å²) >= 11 is 0. The fraction of sp³-hybridized carbons (Fsp3) is 0.562. The van der Waals surface area contributed by atoms with Gasteiger partial charge in [-0.1, -0.05) is 6.92 Å². The number of piperazine rings is 1. The summed E-state index contributed by atoms with van der Waals surface area (Å²) in [4.78, 5) is 16.1. The second-order valence-corrected chi connectivity index (χ2v) is 5.24. The van der Waals surface area contributed by atoms with Gasteiger partial charge in [-0.3, -0.25) is 0 Å². The third-order valence-corrected chi connectivity index (χ3v) is 3.82. The molecule has 0 spiro atoms. The van der Waals surface area contributed by atoms with Crippen LogP contribution in [0.3, 0.4) is 0 Å². The van der Waals surface area contributed by atoms with Gasteiger partial charge in [-0.2, -0.15) is 0 Å². The van der Waals surface area contributed by atoms with Crippen molar-refractivity contribution in [3.05, 3.63) is 18.2 Å². The quantitative estimate of drug-likeness (QED) is 0.903. The van der Waals surface area contributed by atoms with Crippen LogP contribution in [0.1, 0.15) is 13.3 Å². The summed E-state index contributed by atoms with van der Waals surface area (Å²) in [7, 11) is 3.30. The highest BCUT2D eigenvalue weighted by Crippen LogP contribution is 2.32. The van der Waals surface area contributed by atoms with Crippen LogP contribution in [-0.2, 0) is 0 Å². The minimum Gasteiger partial charge on any atom is -0.497 e. The Bertz CT molecular complexity index is 499. The fourth-order valence-corrected chi connectivity index (χ4v) is 2.54. The fourth-order valence-electron chi connectivity index (χ4n) is 2.54. The molecule has 6 nitrogen and oxygen atoms in total. The maximum absolute atomic E-state index is 12.0. The molecule has 1 N–H and O–H groups in total. The van der Waals surface area contributed by atoms with Gasteiger partial charge in [0.1, 0.15) is 11.5 Å². The number of carbonyl (C=O) groups excluding carboxylic acids is 1. The number of ether oxygens (including phenoxy) is 2. The number of nitrogens with one attached hydrogen (secondary N) is 1. The normalized spacial score (nSPS) is 14.7. The maximum atomic E-state index is 12.0. The molecule has 0 saturated carbocycles. The van der Waals surface area contributed by atoms with Gasteiger partial charge in [0, 0.05) is 38.8 Å². The van der Waals surface area contributed by atoms with Gasteiger partial charge in [0.15, 0.2) is 0 Å². The lowest BCUT2D eigenvalue weighted by Gasteiger charge is -2.36. The predicted molar refractivity (Wildman–Crippen MR) is 87.0 cm³/mol. The van der Waals surface area contributed by atoms with E-state index in [4.69, 9.17) is 9.47 Å². The Kier molecular flexibility index (Phi) is 5.75. The van der Waals surface area contributed by atoms with Crippen molar-refractivity contribution in [1.82, 2.24) is 10.2 Å². The average Bonchev–Trinajstić information content (AvgIpc) is 2.59. The second-order valence-electron chi connectivity index (χ2n) is 5.24. The Balaban J connectivity index is 1.98. The molecule has 0 aromatic heterocycles. The molecule has 2 rings (SSSR count). The molecule has 6 heteroatoms. The summed E-state index contributed by atoms with van der Waals surface area (Å²) in [5.74, 6) is 1.57. The van der Waals surface area contributed by atoms with Crippen molar-refractivity contribution in [2.45, 2.75) is 13.3 Å². The first kappa shape index (κ1) is 16.3. The van der Waals surface area contributed by atoms with Gasteiger partial charge >= 0.3 is 6.03 Å². The van der Waals surface area contributed by atoms with Crippen LogP contribution in [0.15, 0.2) is 18.2 Å². The molecule has 1 aliphatic rings. The Morgan fingerprint density at radius 2 is 1.91 bits per heavy atom. The molecule has 0 aliphatic carbocycles. The van der Waals surface area contributed by atoms with Crippen LogP contribution >= 0.6 is 0 Å². The van der Waals surface area contributed by atoms with Crippen molar-refractivity contribution in [3.63, 3.8) is 0 Å². The second kappa shape index (κ2) is 7.77. The SMILES string of the molecule is CCCNC(=O)N1CCN(c2ccc(OC)cc2OC)CC1. The molecule has 1 fully saturated rings. The number of hydrogen-bond donors (Lipinski definition) is 1. The smallest absolute Gasteiger partial charge is 0.317 e. The van der Waals surface area contributed by atoms with E-state index in [0.29, 0.717) is 13.1 Å². The van der Waals surface area contributed by atoms with Crippen LogP contribution in [0.5, 0.6) is 11.5 Å². The summed E-state index contributed by atoms with van der Waals surface area (Å²) in [6, 6.07) is 5.85. The van der Waals surface area contributed by atoms with Crippen molar-refractivity contribution >= 4 is 11.7 Å². The van der Waals surface area contributed by atoms with Crippen LogP contribution in [0.25, 0.3) is 0 Å². The highest BCUT2D eigenvalue weighted by atomic mass is 16.5. The van der Waals surface area contributed by atoms with Crippen molar-refractivity contribution in [3.8, 4) is 11.5 Å². The average molecular weight is 307 g/mol. The number of anilines is 1. The van der Waals surface area contributed by atoms with Gasteiger partial charge in [0.05, 0.1) is 19.9 Å². The molecule has 122 valence electrons. The number of urea groups is 1. The topological polar surface area (TPSA) is 54.0 Å². The van der Waals surface area contributed by atoms with Gasteiger partial charge in [-0.15, -0.1) is 0 Å². The third kappa shape index (κ3) is 3.75. The van der Waals surface area contributed by atoms with E-state index in [2.05, 4.69) is 10.2 Å². The van der Waals surface area contributed by atoms with E-state index in [1.807, 2.05) is 30.0 Å². The molecule has 1 aromatic carbocycles. The zero-order valence-electron chi connectivity index (χ0n) is 13.6. The first-order chi connectivity index (χ1) is 10.7. The first-order valence-corrected chi connectivity index (χ1v) is 7.69. The summed E-state index contributed by atoms with van der Waals surface area (Å²) in [6.07, 6.45) is 0.953. The van der Waals surface area contributed by atoms with Gasteiger partial charge in [0.25, 0.3) is 0 Å². The lowest BCUT2D eigenvalue weighted by Crippen LogP contribution is -2.52. The van der Waals surface area contributed by atoms with Crippen molar-refractivity contribution in [2.24, 2.45) is 0 Å². The Hall–Kier alpha value is -2.11. The number of carbonyl (C=O) groups is 1. The zero-order chi connectivity index (χ0) is 15.9. The van der Waals surface area contributed by atoms with Gasteiger partial charge in [-0.05, 0) is 18.6 Å². The maximum Gasteiger partial charge on any atom is 0.317 e. The molecular weight excluding hydrogens is 282 g/mol. The third-order valence-electron chi connectivity index (χ3n) is 3.82. The largest absolute Gasteiger partial charge is 0.497 e. The lowest BCUT2D eigenvalue weighted by molar-refractivity contribution is 0.194. The molecule has 1 heterocycles. The first-order valence-electron chi connectivity index (χ1n) is 7.69. The number of methoxy groups -OCH3 is 2. The Morgan fingerprint density at radius 3 is 2.50 bits per heavy atom. The van der Waals surface area contributed by atoms with E-state index < -0.39 is 0 Å². The molecule has 0 unspecified atom stereocenters. The molecule has 0 radical (unpaired) electrons. The van der Waals surface area contributed by atoms with Crippen molar-refractivity contribution in [1.29, 1.82) is 0 Å². The number of nitrogens with zero attached hydrogens (tertiary/aromatic N) is 2. The van der Waals surface area contributed by atoms with Gasteiger partial charge in [-0.25, -0.2) is 4.79 Å². The van der Waals surface area contributed by atoms with Crippen LogP contribution in [0, 0.1) is 0 Å². The van der Waals surface area contributed by atoms with Crippen LogP contribution in [-0.4, -0.2) is 57.9 Å². The minimum atomic E-state index is 0.0307. The van der Waals surface area contributed by atoms with Crippen molar-refractivity contribution < 1.29 is 14.3 Å². The molecule has 1 saturated heterocycles. The Labute approximate surface area is 132 Å². The van der Waals surface area contributed by atoms with Crippen molar-refractivity contribution in [2.75, 3.05) is 51.8 Å². The summed E-state index contributed by atoms with van der Waals surface area (Å²) in [6.45, 7) is 5.79. The molecule has 0 atom stereocenters. The van der Waals surface area contributed by atoms with Crippen LogP contribution in [0.2, 0.25) is 0 Å². The standard InChI is InChI=1S/C16H25N3O3/c1-4-7-17-16(20)19-10-8-18(9-11-19)14-6-5-13(21-2)12-15(14)22-3/h5-6,12H,4,7-11H2,1-3H3,(H,17,20). The van der Waals surface area contributed by atoms with E-state index in [-0.39, 0.29) is 6.03 Å². The van der Waals surface area contributed by atoms with Crippen LogP contribution < -0.4 is 19.7 Å². The summed E-state index contributed by atoms with van der Waals surface area (Å²) in [5, 5.41) is 2.92. The minimum absolute atomic E-state index is 0.0307. The molecule has 1 aliphatic heterocycles. The number of amides is 2. The van der Waals surface area contributed by atoms with Gasteiger partial charge in [0.2, 0.25) is 0 Å². The zero-order valence-corrected chi connectivity index (χ0v) is 13.6. The molecule has 2 amide bonds. The Morgan fingerprint density at radius 1 is 1.18 bits per heavy atom.